The number of Topliss-reactive ketones (excluding diaryl/α,β-unsaturated/α-hetero) is 1. The SMILES string of the molecule is C/C(N)=C(/C#N)C(=O)CSc1nccn1-c1cccc(Cl)c1. The van der Waals surface area contributed by atoms with Crippen LogP contribution in [0.4, 0.5) is 0 Å². The lowest BCUT2D eigenvalue weighted by Gasteiger charge is -2.07. The Morgan fingerprint density at radius 3 is 2.95 bits per heavy atom. The minimum atomic E-state index is -0.312. The monoisotopic (exact) mass is 332 g/mol. The highest BCUT2D eigenvalue weighted by molar-refractivity contribution is 7.99. The molecule has 0 atom stereocenters. The number of rotatable bonds is 5. The van der Waals surface area contributed by atoms with Gasteiger partial charge in [-0.3, -0.25) is 9.36 Å². The summed E-state index contributed by atoms with van der Waals surface area (Å²) in [5.41, 5.74) is 6.60. The van der Waals surface area contributed by atoms with Crippen LogP contribution in [0.3, 0.4) is 0 Å². The Morgan fingerprint density at radius 1 is 1.55 bits per heavy atom. The topological polar surface area (TPSA) is 84.7 Å². The zero-order valence-electron chi connectivity index (χ0n) is 11.8. The van der Waals surface area contributed by atoms with Crippen LogP contribution in [0.25, 0.3) is 5.69 Å². The van der Waals surface area contributed by atoms with Crippen molar-refractivity contribution < 1.29 is 4.79 Å². The Morgan fingerprint density at radius 2 is 2.32 bits per heavy atom. The normalized spacial score (nSPS) is 11.7. The van der Waals surface area contributed by atoms with Crippen molar-refractivity contribution in [1.29, 1.82) is 5.26 Å². The number of hydrogen-bond acceptors (Lipinski definition) is 5. The van der Waals surface area contributed by atoms with Gasteiger partial charge in [0.15, 0.2) is 10.9 Å². The molecule has 1 heterocycles. The highest BCUT2D eigenvalue weighted by Gasteiger charge is 2.14. The molecule has 0 bridgehead atoms. The second kappa shape index (κ2) is 7.16. The van der Waals surface area contributed by atoms with E-state index in [1.807, 2.05) is 22.8 Å². The van der Waals surface area contributed by atoms with Gasteiger partial charge in [-0.1, -0.05) is 29.4 Å². The highest BCUT2D eigenvalue weighted by atomic mass is 35.5. The average Bonchev–Trinajstić information content (AvgIpc) is 2.94. The van der Waals surface area contributed by atoms with Gasteiger partial charge in [0.1, 0.15) is 11.6 Å². The van der Waals surface area contributed by atoms with Gasteiger partial charge in [-0.25, -0.2) is 4.98 Å². The molecular weight excluding hydrogens is 320 g/mol. The van der Waals surface area contributed by atoms with Crippen LogP contribution in [0.1, 0.15) is 6.92 Å². The predicted octanol–water partition coefficient (Wildman–Crippen LogP) is 2.94. The van der Waals surface area contributed by atoms with E-state index in [2.05, 4.69) is 4.98 Å². The number of ketones is 1. The van der Waals surface area contributed by atoms with Crippen molar-refractivity contribution in [3.63, 3.8) is 0 Å². The van der Waals surface area contributed by atoms with Crippen LogP contribution in [0.2, 0.25) is 5.02 Å². The van der Waals surface area contributed by atoms with Crippen LogP contribution in [0, 0.1) is 11.3 Å². The molecule has 0 aliphatic carbocycles. The summed E-state index contributed by atoms with van der Waals surface area (Å²) in [7, 11) is 0. The molecule has 0 spiro atoms. The summed E-state index contributed by atoms with van der Waals surface area (Å²) in [6.07, 6.45) is 3.43. The Labute approximate surface area is 137 Å². The van der Waals surface area contributed by atoms with Crippen LogP contribution >= 0.6 is 23.4 Å². The van der Waals surface area contributed by atoms with Crippen molar-refractivity contribution in [2.24, 2.45) is 5.73 Å². The number of nitrogens with zero attached hydrogens (tertiary/aromatic N) is 3. The summed E-state index contributed by atoms with van der Waals surface area (Å²) in [4.78, 5) is 16.2. The van der Waals surface area contributed by atoms with E-state index >= 15 is 0 Å². The molecular formula is C15H13ClN4OS. The first-order valence-electron chi connectivity index (χ1n) is 6.34. The summed E-state index contributed by atoms with van der Waals surface area (Å²) in [5.74, 6) is -0.220. The van der Waals surface area contributed by atoms with Crippen LogP contribution in [0.5, 0.6) is 0 Å². The van der Waals surface area contributed by atoms with Crippen LogP contribution in [-0.2, 0) is 4.79 Å². The number of allylic oxidation sites excluding steroid dienone is 2. The lowest BCUT2D eigenvalue weighted by molar-refractivity contribution is -0.112. The molecule has 0 fully saturated rings. The third-order valence-electron chi connectivity index (χ3n) is 2.81. The second-order valence-electron chi connectivity index (χ2n) is 4.44. The van der Waals surface area contributed by atoms with Gasteiger partial charge >= 0.3 is 0 Å². The number of nitrogens with two attached hydrogens (primary N) is 1. The number of nitriles is 1. The summed E-state index contributed by atoms with van der Waals surface area (Å²) >= 11 is 7.23. The van der Waals surface area contributed by atoms with Gasteiger partial charge in [0.25, 0.3) is 0 Å². The van der Waals surface area contributed by atoms with Crippen molar-refractivity contribution in [3.8, 4) is 11.8 Å². The lowest BCUT2D eigenvalue weighted by atomic mass is 10.2. The number of imidazole rings is 1. The number of halogens is 1. The maximum absolute atomic E-state index is 12.0. The lowest BCUT2D eigenvalue weighted by Crippen LogP contribution is -2.10. The fourth-order valence-corrected chi connectivity index (χ4v) is 2.82. The van der Waals surface area contributed by atoms with Crippen molar-refractivity contribution in [3.05, 3.63) is 53.0 Å². The molecule has 0 saturated carbocycles. The fourth-order valence-electron chi connectivity index (χ4n) is 1.79. The molecule has 1 aromatic heterocycles. The molecule has 22 heavy (non-hydrogen) atoms. The predicted molar refractivity (Wildman–Crippen MR) is 86.8 cm³/mol. The average molecular weight is 333 g/mol. The molecule has 0 radical (unpaired) electrons. The number of benzene rings is 1. The molecule has 2 aromatic rings. The van der Waals surface area contributed by atoms with E-state index in [9.17, 15) is 4.79 Å². The van der Waals surface area contributed by atoms with Crippen molar-refractivity contribution in [1.82, 2.24) is 9.55 Å². The van der Waals surface area contributed by atoms with Gasteiger partial charge in [-0.15, -0.1) is 0 Å². The van der Waals surface area contributed by atoms with E-state index in [0.29, 0.717) is 10.2 Å². The minimum absolute atomic E-state index is 0.00615. The third kappa shape index (κ3) is 3.70. The van der Waals surface area contributed by atoms with E-state index in [-0.39, 0.29) is 22.8 Å². The number of carbonyl (C=O) groups is 1. The molecule has 0 saturated heterocycles. The first kappa shape index (κ1) is 16.1. The Bertz CT molecular complexity index is 772. The first-order chi connectivity index (χ1) is 10.5. The molecule has 7 heteroatoms. The molecule has 0 aliphatic rings. The van der Waals surface area contributed by atoms with Crippen molar-refractivity contribution >= 4 is 29.1 Å². The Balaban J connectivity index is 2.17. The molecule has 2 N–H and O–H groups in total. The summed E-state index contributed by atoms with van der Waals surface area (Å²) in [5, 5.41) is 10.2. The Kier molecular flexibility index (Phi) is 5.26. The number of aromatic nitrogens is 2. The molecule has 112 valence electrons. The standard InChI is InChI=1S/C15H13ClN4OS/c1-10(18)13(8-17)14(21)9-22-15-19-5-6-20(15)12-4-2-3-11(16)7-12/h2-7H,9,18H2,1H3/b13-10+. The molecule has 2 rings (SSSR count). The number of thioether (sulfide) groups is 1. The smallest absolute Gasteiger partial charge is 0.185 e. The minimum Gasteiger partial charge on any atom is -0.401 e. The van der Waals surface area contributed by atoms with Crippen LogP contribution in [-0.4, -0.2) is 21.1 Å². The quantitative estimate of drug-likeness (QED) is 0.517. The Hall–Kier alpha value is -2.23. The van der Waals surface area contributed by atoms with Gasteiger partial charge in [0, 0.05) is 28.8 Å². The van der Waals surface area contributed by atoms with Gasteiger partial charge in [0.05, 0.1) is 5.75 Å². The number of carbonyl (C=O) groups excluding carboxylic acids is 1. The molecule has 0 unspecified atom stereocenters. The first-order valence-corrected chi connectivity index (χ1v) is 7.71. The maximum Gasteiger partial charge on any atom is 0.185 e. The second-order valence-corrected chi connectivity index (χ2v) is 5.82. The largest absolute Gasteiger partial charge is 0.401 e. The summed E-state index contributed by atoms with van der Waals surface area (Å²) in [6.45, 7) is 1.54. The van der Waals surface area contributed by atoms with E-state index in [1.54, 1.807) is 24.5 Å². The number of hydrogen-bond donors (Lipinski definition) is 1. The zero-order valence-corrected chi connectivity index (χ0v) is 13.4. The van der Waals surface area contributed by atoms with Gasteiger partial charge < -0.3 is 5.73 Å². The van der Waals surface area contributed by atoms with Crippen LogP contribution < -0.4 is 5.73 Å². The van der Waals surface area contributed by atoms with E-state index < -0.39 is 0 Å². The van der Waals surface area contributed by atoms with E-state index in [4.69, 9.17) is 22.6 Å². The van der Waals surface area contributed by atoms with E-state index in [1.165, 1.54) is 18.7 Å². The summed E-state index contributed by atoms with van der Waals surface area (Å²) in [6, 6.07) is 9.15. The zero-order chi connectivity index (χ0) is 16.1. The van der Waals surface area contributed by atoms with E-state index in [0.717, 1.165) is 5.69 Å². The van der Waals surface area contributed by atoms with Gasteiger partial charge in [0.2, 0.25) is 0 Å². The molecule has 0 aliphatic heterocycles. The van der Waals surface area contributed by atoms with Gasteiger partial charge in [-0.05, 0) is 25.1 Å². The van der Waals surface area contributed by atoms with Crippen LogP contribution in [0.15, 0.2) is 53.1 Å². The van der Waals surface area contributed by atoms with Crippen molar-refractivity contribution in [2.45, 2.75) is 12.1 Å². The fraction of sp³-hybridized carbons (Fsp3) is 0.133. The molecule has 0 amide bonds. The molecule has 1 aromatic carbocycles. The van der Waals surface area contributed by atoms with Gasteiger partial charge in [-0.2, -0.15) is 5.26 Å². The maximum atomic E-state index is 12.0. The molecule has 5 nitrogen and oxygen atoms in total. The van der Waals surface area contributed by atoms with Crippen molar-refractivity contribution in [2.75, 3.05) is 5.75 Å². The highest BCUT2D eigenvalue weighted by Crippen LogP contribution is 2.23. The summed E-state index contributed by atoms with van der Waals surface area (Å²) < 4.78 is 1.83. The third-order valence-corrected chi connectivity index (χ3v) is 4.01.